The largest absolute Gasteiger partial charge is 0.299 e. The molecule has 0 saturated heterocycles. The number of benzene rings is 1. The van der Waals surface area contributed by atoms with Gasteiger partial charge in [0.05, 0.1) is 5.92 Å². The summed E-state index contributed by atoms with van der Waals surface area (Å²) in [5.74, 6) is 0.351. The Hall–Kier alpha value is -1.37. The zero-order valence-electron chi connectivity index (χ0n) is 7.44. The Morgan fingerprint density at radius 1 is 1.15 bits per heavy atom. The van der Waals surface area contributed by atoms with Crippen LogP contribution in [-0.4, -0.2) is 5.78 Å². The third-order valence-electron chi connectivity index (χ3n) is 2.39. The van der Waals surface area contributed by atoms with Crippen molar-refractivity contribution < 1.29 is 4.79 Å². The van der Waals surface area contributed by atoms with E-state index in [2.05, 4.69) is 6.08 Å². The molecule has 1 atom stereocenters. The van der Waals surface area contributed by atoms with Gasteiger partial charge in [-0.05, 0) is 12.0 Å². The number of hydrogen-bond acceptors (Lipinski definition) is 1. The van der Waals surface area contributed by atoms with E-state index in [1.165, 1.54) is 0 Å². The highest BCUT2D eigenvalue weighted by molar-refractivity contribution is 5.88. The molecule has 13 heavy (non-hydrogen) atoms. The van der Waals surface area contributed by atoms with Crippen molar-refractivity contribution in [2.24, 2.45) is 0 Å². The van der Waals surface area contributed by atoms with Gasteiger partial charge in [-0.25, -0.2) is 0 Å². The predicted molar refractivity (Wildman–Crippen MR) is 52.6 cm³/mol. The van der Waals surface area contributed by atoms with Crippen LogP contribution in [0.5, 0.6) is 0 Å². The lowest BCUT2D eigenvalue weighted by Crippen LogP contribution is -2.12. The van der Waals surface area contributed by atoms with Crippen LogP contribution in [0.25, 0.3) is 0 Å². The summed E-state index contributed by atoms with van der Waals surface area (Å²) in [7, 11) is 0. The fourth-order valence-electron chi connectivity index (χ4n) is 1.68. The van der Waals surface area contributed by atoms with E-state index in [1.54, 1.807) is 0 Å². The Morgan fingerprint density at radius 3 is 2.62 bits per heavy atom. The van der Waals surface area contributed by atoms with E-state index in [-0.39, 0.29) is 5.92 Å². The first-order chi connectivity index (χ1) is 6.38. The molecule has 0 fully saturated rings. The van der Waals surface area contributed by atoms with Crippen LogP contribution >= 0.6 is 0 Å². The molecular formula is C12H12O. The van der Waals surface area contributed by atoms with Crippen molar-refractivity contribution >= 4 is 5.78 Å². The normalized spacial score (nSPS) is 21.8. The molecule has 0 aliphatic heterocycles. The van der Waals surface area contributed by atoms with Gasteiger partial charge in [0.2, 0.25) is 0 Å². The molecule has 0 amide bonds. The predicted octanol–water partition coefficient (Wildman–Crippen LogP) is 2.69. The molecule has 1 aliphatic carbocycles. The molecule has 1 aliphatic rings. The topological polar surface area (TPSA) is 17.1 Å². The van der Waals surface area contributed by atoms with Crippen LogP contribution in [0, 0.1) is 0 Å². The Labute approximate surface area is 78.1 Å². The van der Waals surface area contributed by atoms with Gasteiger partial charge in [-0.3, -0.25) is 4.79 Å². The van der Waals surface area contributed by atoms with E-state index >= 15 is 0 Å². The SMILES string of the molecule is O=C1CCC=C[C@H]1c1ccccc1. The molecule has 1 nitrogen and oxygen atoms in total. The van der Waals surface area contributed by atoms with Gasteiger partial charge in [0, 0.05) is 6.42 Å². The fraction of sp³-hybridized carbons (Fsp3) is 0.250. The van der Waals surface area contributed by atoms with Crippen molar-refractivity contribution in [2.45, 2.75) is 18.8 Å². The molecule has 0 bridgehead atoms. The molecule has 1 aromatic rings. The number of ketones is 1. The smallest absolute Gasteiger partial charge is 0.144 e. The maximum Gasteiger partial charge on any atom is 0.144 e. The molecule has 66 valence electrons. The Bertz CT molecular complexity index is 324. The number of allylic oxidation sites excluding steroid dienone is 2. The zero-order valence-corrected chi connectivity index (χ0v) is 7.44. The fourth-order valence-corrected chi connectivity index (χ4v) is 1.68. The van der Waals surface area contributed by atoms with Crippen LogP contribution in [0.3, 0.4) is 0 Å². The third kappa shape index (κ3) is 1.69. The number of carbonyl (C=O) groups is 1. The molecule has 0 spiro atoms. The summed E-state index contributed by atoms with van der Waals surface area (Å²) in [6.07, 6.45) is 5.71. The van der Waals surface area contributed by atoms with Gasteiger partial charge in [-0.1, -0.05) is 42.5 Å². The molecular weight excluding hydrogens is 160 g/mol. The van der Waals surface area contributed by atoms with E-state index in [0.29, 0.717) is 12.2 Å². The van der Waals surface area contributed by atoms with Gasteiger partial charge in [0.1, 0.15) is 5.78 Å². The van der Waals surface area contributed by atoms with Gasteiger partial charge in [-0.2, -0.15) is 0 Å². The second kappa shape index (κ2) is 3.56. The summed E-state index contributed by atoms with van der Waals surface area (Å²) < 4.78 is 0. The van der Waals surface area contributed by atoms with E-state index in [9.17, 15) is 4.79 Å². The van der Waals surface area contributed by atoms with Crippen LogP contribution in [-0.2, 0) is 4.79 Å². The van der Waals surface area contributed by atoms with Crippen LogP contribution in [0.1, 0.15) is 24.3 Å². The van der Waals surface area contributed by atoms with Gasteiger partial charge < -0.3 is 0 Å². The standard InChI is InChI=1S/C12H12O/c13-12-9-5-4-8-11(12)10-6-2-1-3-7-10/h1-4,6-8,11H,5,9H2/t11-/m0/s1. The van der Waals surface area contributed by atoms with Crippen LogP contribution in [0.2, 0.25) is 0 Å². The lowest BCUT2D eigenvalue weighted by atomic mass is 9.88. The summed E-state index contributed by atoms with van der Waals surface area (Å²) in [5, 5.41) is 0. The Morgan fingerprint density at radius 2 is 1.92 bits per heavy atom. The lowest BCUT2D eigenvalue weighted by molar-refractivity contribution is -0.119. The maximum absolute atomic E-state index is 11.5. The van der Waals surface area contributed by atoms with Crippen molar-refractivity contribution in [1.82, 2.24) is 0 Å². The second-order valence-corrected chi connectivity index (χ2v) is 3.32. The second-order valence-electron chi connectivity index (χ2n) is 3.32. The Balaban J connectivity index is 2.30. The van der Waals surface area contributed by atoms with E-state index in [4.69, 9.17) is 0 Å². The molecule has 0 radical (unpaired) electrons. The van der Waals surface area contributed by atoms with Crippen LogP contribution in [0.15, 0.2) is 42.5 Å². The average Bonchev–Trinajstić information content (AvgIpc) is 2.20. The molecule has 0 unspecified atom stereocenters. The van der Waals surface area contributed by atoms with Crippen LogP contribution in [0.4, 0.5) is 0 Å². The lowest BCUT2D eigenvalue weighted by Gasteiger charge is -2.14. The van der Waals surface area contributed by atoms with Gasteiger partial charge >= 0.3 is 0 Å². The van der Waals surface area contributed by atoms with Crippen molar-refractivity contribution in [3.05, 3.63) is 48.0 Å². The molecule has 0 N–H and O–H groups in total. The minimum atomic E-state index is 0.00921. The minimum Gasteiger partial charge on any atom is -0.299 e. The molecule has 1 heteroatoms. The first-order valence-electron chi connectivity index (χ1n) is 4.62. The van der Waals surface area contributed by atoms with Gasteiger partial charge in [0.25, 0.3) is 0 Å². The quantitative estimate of drug-likeness (QED) is 0.595. The zero-order chi connectivity index (χ0) is 9.10. The minimum absolute atomic E-state index is 0.00921. The molecule has 0 aromatic heterocycles. The van der Waals surface area contributed by atoms with Crippen molar-refractivity contribution in [3.63, 3.8) is 0 Å². The molecule has 0 heterocycles. The number of carbonyl (C=O) groups excluding carboxylic acids is 1. The van der Waals surface area contributed by atoms with E-state index in [1.807, 2.05) is 36.4 Å². The van der Waals surface area contributed by atoms with Gasteiger partial charge in [-0.15, -0.1) is 0 Å². The van der Waals surface area contributed by atoms with Gasteiger partial charge in [0.15, 0.2) is 0 Å². The van der Waals surface area contributed by atoms with E-state index in [0.717, 1.165) is 12.0 Å². The first kappa shape index (κ1) is 8.24. The maximum atomic E-state index is 11.5. The van der Waals surface area contributed by atoms with Crippen molar-refractivity contribution in [2.75, 3.05) is 0 Å². The van der Waals surface area contributed by atoms with Crippen molar-refractivity contribution in [3.8, 4) is 0 Å². The average molecular weight is 172 g/mol. The molecule has 1 aromatic carbocycles. The summed E-state index contributed by atoms with van der Waals surface area (Å²) >= 11 is 0. The highest BCUT2D eigenvalue weighted by Crippen LogP contribution is 2.23. The molecule has 2 rings (SSSR count). The highest BCUT2D eigenvalue weighted by Gasteiger charge is 2.18. The Kier molecular flexibility index (Phi) is 2.26. The van der Waals surface area contributed by atoms with Crippen LogP contribution < -0.4 is 0 Å². The van der Waals surface area contributed by atoms with E-state index < -0.39 is 0 Å². The summed E-state index contributed by atoms with van der Waals surface area (Å²) in [6, 6.07) is 9.95. The van der Waals surface area contributed by atoms with Crippen molar-refractivity contribution in [1.29, 1.82) is 0 Å². The number of Topliss-reactive ketones (excluding diaryl/α,β-unsaturated/α-hetero) is 1. The number of hydrogen-bond donors (Lipinski definition) is 0. The highest BCUT2D eigenvalue weighted by atomic mass is 16.1. The summed E-state index contributed by atoms with van der Waals surface area (Å²) in [5.41, 5.74) is 1.11. The monoisotopic (exact) mass is 172 g/mol. The summed E-state index contributed by atoms with van der Waals surface area (Å²) in [6.45, 7) is 0. The molecule has 0 saturated carbocycles. The third-order valence-corrected chi connectivity index (χ3v) is 2.39. The number of rotatable bonds is 1. The summed E-state index contributed by atoms with van der Waals surface area (Å²) in [4.78, 5) is 11.5. The first-order valence-corrected chi connectivity index (χ1v) is 4.62.